The average Bonchev–Trinajstić information content (AvgIpc) is 2.06. The molecule has 0 atom stereocenters. The molecule has 1 aromatic rings. The van der Waals surface area contributed by atoms with Crippen molar-refractivity contribution in [3.8, 4) is 5.75 Å². The van der Waals surface area contributed by atoms with Crippen molar-refractivity contribution in [3.63, 3.8) is 0 Å². The fourth-order valence-electron chi connectivity index (χ4n) is 0.682. The zero-order chi connectivity index (χ0) is 9.03. The minimum absolute atomic E-state index is 0. The van der Waals surface area contributed by atoms with Crippen molar-refractivity contribution in [2.45, 2.75) is 6.92 Å². The van der Waals surface area contributed by atoms with Crippen molar-refractivity contribution >= 4 is 39.7 Å². The Morgan fingerprint density at radius 2 is 1.77 bits per heavy atom. The molecule has 0 N–H and O–H groups in total. The summed E-state index contributed by atoms with van der Waals surface area (Å²) in [5, 5.41) is 0. The van der Waals surface area contributed by atoms with Crippen LogP contribution in [0.15, 0.2) is 30.3 Å². The van der Waals surface area contributed by atoms with Crippen LogP contribution < -0.4 is 4.18 Å². The Morgan fingerprint density at radius 1 is 1.23 bits per heavy atom. The Balaban J connectivity index is 0.00000144. The molecule has 5 heteroatoms. The first kappa shape index (κ1) is 13.0. The Kier molecular flexibility index (Phi) is 5.64. The maximum Gasteiger partial charge on any atom is 0.308 e. The molecule has 3 nitrogen and oxygen atoms in total. The summed E-state index contributed by atoms with van der Waals surface area (Å²) in [6.07, 6.45) is 0. The molecule has 0 bridgehead atoms. The van der Waals surface area contributed by atoms with E-state index >= 15 is 0 Å². The van der Waals surface area contributed by atoms with Gasteiger partial charge >= 0.3 is 10.1 Å². The Hall–Kier alpha value is -0.0300. The monoisotopic (exact) mass is 209 g/mol. The van der Waals surface area contributed by atoms with Gasteiger partial charge in [0.15, 0.2) is 0 Å². The second-order valence-electron chi connectivity index (χ2n) is 2.24. The molecule has 13 heavy (non-hydrogen) atoms. The molecular weight excluding hydrogens is 199 g/mol. The minimum Gasteiger partial charge on any atom is -0.382 e. The Morgan fingerprint density at radius 3 is 2.23 bits per heavy atom. The molecule has 0 aromatic heterocycles. The maximum atomic E-state index is 10.9. The van der Waals surface area contributed by atoms with Gasteiger partial charge in [0.25, 0.3) is 0 Å². The zero-order valence-electron chi connectivity index (χ0n) is 7.73. The van der Waals surface area contributed by atoms with Crippen LogP contribution in [-0.4, -0.2) is 43.7 Å². The van der Waals surface area contributed by atoms with Gasteiger partial charge in [0.05, 0.1) is 5.75 Å². The second kappa shape index (κ2) is 5.65. The zero-order valence-corrected chi connectivity index (χ0v) is 10.5. The van der Waals surface area contributed by atoms with Gasteiger partial charge in [0.2, 0.25) is 0 Å². The normalized spacial score (nSPS) is 10.2. The molecule has 0 aliphatic rings. The Bertz CT molecular complexity index is 334. The van der Waals surface area contributed by atoms with Crippen molar-refractivity contribution in [1.82, 2.24) is 0 Å². The standard InChI is InChI=1S/C8H10O3S.Na/c1-2-12(9,10)11-8-6-4-3-5-7-8;/h3-7H,2H2,1H3;. The molecule has 67 valence electrons. The van der Waals surface area contributed by atoms with E-state index in [1.54, 1.807) is 30.3 Å². The van der Waals surface area contributed by atoms with Crippen molar-refractivity contribution in [3.05, 3.63) is 30.3 Å². The Labute approximate surface area is 101 Å². The van der Waals surface area contributed by atoms with Crippen molar-refractivity contribution in [1.29, 1.82) is 0 Å². The first-order chi connectivity index (χ1) is 5.64. The minimum atomic E-state index is -3.37. The summed E-state index contributed by atoms with van der Waals surface area (Å²) in [6.45, 7) is 1.54. The summed E-state index contributed by atoms with van der Waals surface area (Å²) in [5.41, 5.74) is 0. The van der Waals surface area contributed by atoms with Gasteiger partial charge in [-0.3, -0.25) is 0 Å². The van der Waals surface area contributed by atoms with Gasteiger partial charge in [-0.2, -0.15) is 8.42 Å². The van der Waals surface area contributed by atoms with Gasteiger partial charge in [-0.1, -0.05) is 18.2 Å². The van der Waals surface area contributed by atoms with Gasteiger partial charge in [0.1, 0.15) is 5.75 Å². The summed E-state index contributed by atoms with van der Waals surface area (Å²) in [6, 6.07) is 8.45. The SMILES string of the molecule is CCS(=O)(=O)Oc1ccccc1.[Na]. The van der Waals surface area contributed by atoms with E-state index in [1.807, 2.05) is 0 Å². The molecule has 0 saturated carbocycles. The van der Waals surface area contributed by atoms with Crippen LogP contribution in [0.25, 0.3) is 0 Å². The molecule has 0 fully saturated rings. The predicted molar refractivity (Wildman–Crippen MR) is 52.3 cm³/mol. The fourth-order valence-corrected chi connectivity index (χ4v) is 1.20. The number of benzene rings is 1. The third kappa shape index (κ3) is 4.67. The largest absolute Gasteiger partial charge is 0.382 e. The van der Waals surface area contributed by atoms with Crippen molar-refractivity contribution in [2.75, 3.05) is 5.75 Å². The fraction of sp³-hybridized carbons (Fsp3) is 0.250. The number of hydrogen-bond donors (Lipinski definition) is 0. The van der Waals surface area contributed by atoms with E-state index in [4.69, 9.17) is 4.18 Å². The summed E-state index contributed by atoms with van der Waals surface area (Å²) in [7, 11) is -3.37. The summed E-state index contributed by atoms with van der Waals surface area (Å²) >= 11 is 0. The molecule has 0 unspecified atom stereocenters. The number of rotatable bonds is 3. The smallest absolute Gasteiger partial charge is 0.308 e. The van der Waals surface area contributed by atoms with E-state index in [0.29, 0.717) is 5.75 Å². The third-order valence-corrected chi connectivity index (χ3v) is 2.47. The molecule has 0 spiro atoms. The molecule has 1 rings (SSSR count). The van der Waals surface area contributed by atoms with Crippen LogP contribution in [0.5, 0.6) is 5.75 Å². The first-order valence-electron chi connectivity index (χ1n) is 3.61. The predicted octanol–water partition coefficient (Wildman–Crippen LogP) is 1.03. The summed E-state index contributed by atoms with van der Waals surface area (Å²) < 4.78 is 26.6. The van der Waals surface area contributed by atoms with Gasteiger partial charge in [-0.25, -0.2) is 0 Å². The first-order valence-corrected chi connectivity index (χ1v) is 5.19. The number of para-hydroxylation sites is 1. The van der Waals surface area contributed by atoms with Crippen molar-refractivity contribution < 1.29 is 12.6 Å². The molecule has 0 aliphatic carbocycles. The molecule has 1 radical (unpaired) electrons. The van der Waals surface area contributed by atoms with Gasteiger partial charge in [0, 0.05) is 29.6 Å². The van der Waals surface area contributed by atoms with Gasteiger partial charge in [-0.15, -0.1) is 0 Å². The average molecular weight is 209 g/mol. The van der Waals surface area contributed by atoms with Crippen LogP contribution in [0.2, 0.25) is 0 Å². The van der Waals surface area contributed by atoms with E-state index in [9.17, 15) is 8.42 Å². The molecule has 0 heterocycles. The second-order valence-corrected chi connectivity index (χ2v) is 4.10. The van der Waals surface area contributed by atoms with E-state index < -0.39 is 10.1 Å². The number of hydrogen-bond acceptors (Lipinski definition) is 3. The summed E-state index contributed by atoms with van der Waals surface area (Å²) in [4.78, 5) is 0. The van der Waals surface area contributed by atoms with Crippen LogP contribution >= 0.6 is 0 Å². The molecule has 0 saturated heterocycles. The summed E-state index contributed by atoms with van der Waals surface area (Å²) in [5.74, 6) is 0.348. The van der Waals surface area contributed by atoms with E-state index in [1.165, 1.54) is 6.92 Å². The van der Waals surface area contributed by atoms with Gasteiger partial charge in [-0.05, 0) is 19.1 Å². The molecule has 0 amide bonds. The van der Waals surface area contributed by atoms with Crippen LogP contribution in [-0.2, 0) is 10.1 Å². The van der Waals surface area contributed by atoms with E-state index in [-0.39, 0.29) is 35.3 Å². The van der Waals surface area contributed by atoms with Gasteiger partial charge < -0.3 is 4.18 Å². The van der Waals surface area contributed by atoms with Crippen LogP contribution in [0, 0.1) is 0 Å². The third-order valence-electron chi connectivity index (χ3n) is 1.32. The quantitative estimate of drug-likeness (QED) is 0.551. The molecule has 0 aliphatic heterocycles. The van der Waals surface area contributed by atoms with Crippen molar-refractivity contribution in [2.24, 2.45) is 0 Å². The topological polar surface area (TPSA) is 43.4 Å². The molecular formula is C8H10NaO3S. The van der Waals surface area contributed by atoms with E-state index in [2.05, 4.69) is 0 Å². The van der Waals surface area contributed by atoms with E-state index in [0.717, 1.165) is 0 Å². The van der Waals surface area contributed by atoms with Crippen LogP contribution in [0.4, 0.5) is 0 Å². The van der Waals surface area contributed by atoms with Crippen LogP contribution in [0.3, 0.4) is 0 Å². The molecule has 1 aromatic carbocycles. The maximum absolute atomic E-state index is 10.9. The van der Waals surface area contributed by atoms with Crippen LogP contribution in [0.1, 0.15) is 6.92 Å².